The van der Waals surface area contributed by atoms with E-state index in [1.807, 2.05) is 0 Å². The van der Waals surface area contributed by atoms with Crippen LogP contribution in [-0.2, 0) is 12.8 Å². The van der Waals surface area contributed by atoms with Crippen LogP contribution in [0.25, 0.3) is 0 Å². The molecule has 2 N–H and O–H groups in total. The van der Waals surface area contributed by atoms with Crippen LogP contribution in [0.4, 0.5) is 17.6 Å². The van der Waals surface area contributed by atoms with Crippen LogP contribution in [0.5, 0.6) is 11.5 Å². The molecule has 192 valence electrons. The minimum atomic E-state index is -2.94. The quantitative estimate of drug-likeness (QED) is 0.272. The Morgan fingerprint density at radius 1 is 0.686 bits per heavy atom. The maximum atomic E-state index is 12.5. The van der Waals surface area contributed by atoms with Crippen LogP contribution < -0.4 is 20.1 Å². The van der Waals surface area contributed by atoms with E-state index in [-0.39, 0.29) is 23.3 Å². The predicted molar refractivity (Wildman–Crippen MR) is 123 cm³/mol. The maximum Gasteiger partial charge on any atom is 0.387 e. The smallest absolute Gasteiger partial charge is 0.387 e. The topological polar surface area (TPSA) is 76.7 Å². The number of carbonyl (C=O) groups excluding carboxylic acids is 2. The number of hydrogen-bond acceptors (Lipinski definition) is 4. The first-order valence-corrected chi connectivity index (χ1v) is 11.3. The molecule has 0 aliphatic heterocycles. The number of ether oxygens (including phenoxy) is 2. The lowest BCUT2D eigenvalue weighted by molar-refractivity contribution is -0.0505. The molecule has 0 atom stereocenters. The van der Waals surface area contributed by atoms with E-state index in [1.54, 1.807) is 0 Å². The molecule has 2 aromatic carbocycles. The summed E-state index contributed by atoms with van der Waals surface area (Å²) in [5.41, 5.74) is 2.10. The van der Waals surface area contributed by atoms with Crippen LogP contribution in [-0.4, -0.2) is 39.1 Å². The standard InChI is InChI=1S/C25H30F4N2O4/c1-30-22(32)20-12-10-18(34-24(26)27)14-16(20)8-6-4-3-5-7-9-17-15-19(35-25(28)29)11-13-21(17)23(33)31-2/h10-15,24-25H,3-9H2,1-2H3,(H,30,32)(H,31,33). The van der Waals surface area contributed by atoms with Gasteiger partial charge >= 0.3 is 13.2 Å². The summed E-state index contributed by atoms with van der Waals surface area (Å²) >= 11 is 0. The summed E-state index contributed by atoms with van der Waals surface area (Å²) in [6.07, 6.45) is 5.07. The van der Waals surface area contributed by atoms with E-state index >= 15 is 0 Å². The normalized spacial score (nSPS) is 11.0. The van der Waals surface area contributed by atoms with Crippen LogP contribution in [0.2, 0.25) is 0 Å². The minimum Gasteiger partial charge on any atom is -0.435 e. The zero-order chi connectivity index (χ0) is 25.8. The average Bonchev–Trinajstić information content (AvgIpc) is 2.82. The molecule has 0 unspecified atom stereocenters. The number of amides is 2. The number of rotatable bonds is 14. The number of benzene rings is 2. The molecule has 0 saturated heterocycles. The van der Waals surface area contributed by atoms with Gasteiger partial charge in [0, 0.05) is 25.2 Å². The number of halogens is 4. The van der Waals surface area contributed by atoms with Gasteiger partial charge in [0.05, 0.1) is 0 Å². The Morgan fingerprint density at radius 2 is 1.06 bits per heavy atom. The Labute approximate surface area is 202 Å². The molecule has 2 rings (SSSR count). The molecule has 6 nitrogen and oxygen atoms in total. The zero-order valence-corrected chi connectivity index (χ0v) is 19.7. The lowest BCUT2D eigenvalue weighted by Gasteiger charge is -2.12. The summed E-state index contributed by atoms with van der Waals surface area (Å²) in [5.74, 6) is -0.581. The highest BCUT2D eigenvalue weighted by Crippen LogP contribution is 2.24. The van der Waals surface area contributed by atoms with Gasteiger partial charge < -0.3 is 20.1 Å². The molecule has 10 heteroatoms. The second-order valence-corrected chi connectivity index (χ2v) is 7.82. The summed E-state index contributed by atoms with van der Waals surface area (Å²) in [7, 11) is 3.00. The predicted octanol–water partition coefficient (Wildman–Crippen LogP) is 5.34. The third-order valence-corrected chi connectivity index (χ3v) is 5.44. The summed E-state index contributed by atoms with van der Waals surface area (Å²) in [6.45, 7) is -5.89. The van der Waals surface area contributed by atoms with Gasteiger partial charge in [0.15, 0.2) is 0 Å². The Hall–Kier alpha value is -3.30. The van der Waals surface area contributed by atoms with Crippen molar-refractivity contribution in [2.75, 3.05) is 14.1 Å². The summed E-state index contributed by atoms with van der Waals surface area (Å²) in [5, 5.41) is 5.08. The highest BCUT2D eigenvalue weighted by atomic mass is 19.3. The van der Waals surface area contributed by atoms with Crippen molar-refractivity contribution < 1.29 is 36.6 Å². The maximum absolute atomic E-state index is 12.5. The summed E-state index contributed by atoms with van der Waals surface area (Å²) in [4.78, 5) is 24.2. The Bertz CT molecular complexity index is 908. The fourth-order valence-corrected chi connectivity index (χ4v) is 3.78. The molecular formula is C25H30F4N2O4. The first kappa shape index (κ1) is 27.9. The SMILES string of the molecule is CNC(=O)c1ccc(OC(F)F)cc1CCCCCCCc1cc(OC(F)F)ccc1C(=O)NC. The van der Waals surface area contributed by atoms with Crippen molar-refractivity contribution in [3.63, 3.8) is 0 Å². The van der Waals surface area contributed by atoms with E-state index in [0.29, 0.717) is 35.1 Å². The molecule has 2 amide bonds. The number of hydrogen-bond donors (Lipinski definition) is 2. The Kier molecular flexibility index (Phi) is 11.3. The lowest BCUT2D eigenvalue weighted by atomic mass is 9.98. The fourth-order valence-electron chi connectivity index (χ4n) is 3.78. The van der Waals surface area contributed by atoms with Crippen LogP contribution in [0, 0.1) is 0 Å². The van der Waals surface area contributed by atoms with Crippen molar-refractivity contribution in [3.8, 4) is 11.5 Å². The monoisotopic (exact) mass is 498 g/mol. The molecule has 2 aromatic rings. The van der Waals surface area contributed by atoms with E-state index < -0.39 is 13.2 Å². The third kappa shape index (κ3) is 9.11. The highest BCUT2D eigenvalue weighted by Gasteiger charge is 2.14. The van der Waals surface area contributed by atoms with E-state index in [2.05, 4.69) is 20.1 Å². The van der Waals surface area contributed by atoms with Crippen LogP contribution in [0.1, 0.15) is 63.9 Å². The van der Waals surface area contributed by atoms with E-state index in [9.17, 15) is 27.2 Å². The molecule has 0 fully saturated rings. The van der Waals surface area contributed by atoms with Crippen molar-refractivity contribution in [3.05, 3.63) is 58.7 Å². The van der Waals surface area contributed by atoms with Gasteiger partial charge in [-0.05, 0) is 73.2 Å². The van der Waals surface area contributed by atoms with Gasteiger partial charge in [-0.2, -0.15) is 17.6 Å². The van der Waals surface area contributed by atoms with E-state index in [1.165, 1.54) is 50.5 Å². The second-order valence-electron chi connectivity index (χ2n) is 7.82. The molecule has 0 spiro atoms. The molecule has 0 saturated carbocycles. The van der Waals surface area contributed by atoms with Crippen molar-refractivity contribution in [2.45, 2.75) is 58.2 Å². The van der Waals surface area contributed by atoms with Crippen molar-refractivity contribution in [1.29, 1.82) is 0 Å². The first-order chi connectivity index (χ1) is 16.7. The largest absolute Gasteiger partial charge is 0.435 e. The molecule has 0 heterocycles. The number of aryl methyl sites for hydroxylation is 2. The third-order valence-electron chi connectivity index (χ3n) is 5.44. The van der Waals surface area contributed by atoms with Crippen molar-refractivity contribution in [1.82, 2.24) is 10.6 Å². The van der Waals surface area contributed by atoms with E-state index in [4.69, 9.17) is 0 Å². The number of carbonyl (C=O) groups is 2. The van der Waals surface area contributed by atoms with Gasteiger partial charge in [-0.1, -0.05) is 19.3 Å². The van der Waals surface area contributed by atoms with Gasteiger partial charge in [0.1, 0.15) is 11.5 Å². The Morgan fingerprint density at radius 3 is 1.40 bits per heavy atom. The van der Waals surface area contributed by atoms with E-state index in [0.717, 1.165) is 32.1 Å². The molecular weight excluding hydrogens is 468 g/mol. The molecule has 0 aliphatic rings. The first-order valence-electron chi connectivity index (χ1n) is 11.3. The fraction of sp³-hybridized carbons (Fsp3) is 0.440. The minimum absolute atomic E-state index is 0.00706. The van der Waals surface area contributed by atoms with Crippen LogP contribution in [0.15, 0.2) is 36.4 Å². The van der Waals surface area contributed by atoms with Crippen LogP contribution in [0.3, 0.4) is 0 Å². The van der Waals surface area contributed by atoms with Gasteiger partial charge in [-0.3, -0.25) is 9.59 Å². The van der Waals surface area contributed by atoms with Crippen LogP contribution >= 0.6 is 0 Å². The highest BCUT2D eigenvalue weighted by molar-refractivity contribution is 5.96. The summed E-state index contributed by atoms with van der Waals surface area (Å²) < 4.78 is 59.0. The van der Waals surface area contributed by atoms with Crippen molar-refractivity contribution >= 4 is 11.8 Å². The lowest BCUT2D eigenvalue weighted by Crippen LogP contribution is -2.19. The van der Waals surface area contributed by atoms with Gasteiger partial charge in [0.25, 0.3) is 11.8 Å². The average molecular weight is 499 g/mol. The van der Waals surface area contributed by atoms with Gasteiger partial charge in [-0.15, -0.1) is 0 Å². The molecule has 0 aliphatic carbocycles. The summed E-state index contributed by atoms with van der Waals surface area (Å²) in [6, 6.07) is 8.56. The molecule has 0 radical (unpaired) electrons. The number of unbranched alkanes of at least 4 members (excludes halogenated alkanes) is 4. The Balaban J connectivity index is 1.88. The number of alkyl halides is 4. The van der Waals surface area contributed by atoms with Gasteiger partial charge in [0.2, 0.25) is 0 Å². The molecule has 0 aromatic heterocycles. The van der Waals surface area contributed by atoms with Gasteiger partial charge in [-0.25, -0.2) is 0 Å². The molecule has 35 heavy (non-hydrogen) atoms. The zero-order valence-electron chi connectivity index (χ0n) is 19.7. The van der Waals surface area contributed by atoms with Crippen molar-refractivity contribution in [2.24, 2.45) is 0 Å². The molecule has 0 bridgehead atoms. The number of nitrogens with one attached hydrogen (secondary N) is 2. The second kappa shape index (κ2) is 14.2.